The maximum atomic E-state index is 13.3. The topological polar surface area (TPSA) is 51.2 Å². The highest BCUT2D eigenvalue weighted by atomic mass is 19.4. The van der Waals surface area contributed by atoms with Crippen molar-refractivity contribution in [3.05, 3.63) is 130 Å². The lowest BCUT2D eigenvalue weighted by Crippen LogP contribution is -2.50. The maximum Gasteiger partial charge on any atom is 0.416 e. The van der Waals surface area contributed by atoms with Crippen molar-refractivity contribution >= 4 is 5.91 Å². The van der Waals surface area contributed by atoms with Crippen LogP contribution in [0, 0.1) is 11.8 Å². The molecule has 0 bridgehead atoms. The number of nitrogens with zero attached hydrogens (tertiary/aromatic N) is 2. The van der Waals surface area contributed by atoms with E-state index in [0.717, 1.165) is 107 Å². The summed E-state index contributed by atoms with van der Waals surface area (Å²) in [6.45, 7) is 6.14. The van der Waals surface area contributed by atoms with Gasteiger partial charge in [-0.3, -0.25) is 4.79 Å². The van der Waals surface area contributed by atoms with Gasteiger partial charge in [0.25, 0.3) is 0 Å². The van der Waals surface area contributed by atoms with Crippen LogP contribution in [0.5, 0.6) is 11.5 Å². The average Bonchev–Trinajstić information content (AvgIpc) is 4.11. The Balaban J connectivity index is 0.000000278. The molecule has 0 N–H and O–H groups in total. The lowest BCUT2D eigenvalue weighted by molar-refractivity contribution is -0.140. The molecule has 3 saturated heterocycles. The van der Waals surface area contributed by atoms with Gasteiger partial charge >= 0.3 is 24.7 Å². The number of hydrogen-bond donors (Lipinski definition) is 0. The minimum atomic E-state index is -4.43. The highest BCUT2D eigenvalue weighted by Crippen LogP contribution is 2.48. The van der Waals surface area contributed by atoms with Crippen LogP contribution < -0.4 is 9.47 Å². The Hall–Kier alpha value is -4.97. The summed E-state index contributed by atoms with van der Waals surface area (Å²) in [6.07, 6.45) is -8.35. The predicted octanol–water partition coefficient (Wildman–Crippen LogP) is 15.3. The van der Waals surface area contributed by atoms with E-state index in [1.54, 1.807) is 17.0 Å². The number of likely N-dealkylation sites (tertiary alicyclic amines) is 2. The van der Waals surface area contributed by atoms with Crippen LogP contribution in [0.4, 0.5) is 52.7 Å². The molecule has 2 atom stereocenters. The van der Waals surface area contributed by atoms with Crippen molar-refractivity contribution in [2.75, 3.05) is 59.2 Å². The van der Waals surface area contributed by atoms with Gasteiger partial charge in [0.15, 0.2) is 0 Å². The molecule has 406 valence electrons. The Bertz CT molecular complexity index is 2280. The normalized spacial score (nSPS) is 20.2. The molecule has 18 heteroatoms. The molecule has 4 aromatic carbocycles. The summed E-state index contributed by atoms with van der Waals surface area (Å²) < 4.78 is 170. The number of carbonyl (C=O) groups excluding carboxylic acids is 1. The summed E-state index contributed by atoms with van der Waals surface area (Å²) in [6, 6.07) is 19.6. The zero-order valence-electron chi connectivity index (χ0n) is 38.4. The Kier molecular flexibility index (Phi) is 20.8. The van der Waals surface area contributed by atoms with Gasteiger partial charge in [0.2, 0.25) is 5.91 Å². The fraction of sp³-hybridized carbons (Fsp3) is 0.545. The molecule has 3 aliphatic heterocycles. The van der Waals surface area contributed by atoms with Crippen LogP contribution in [0.15, 0.2) is 97.1 Å². The summed E-state index contributed by atoms with van der Waals surface area (Å²) in [7, 11) is 0. The van der Waals surface area contributed by atoms with Gasteiger partial charge in [-0.2, -0.15) is 52.7 Å². The molecule has 0 aromatic heterocycles. The molecule has 5 fully saturated rings. The molecule has 4 aromatic rings. The maximum absolute atomic E-state index is 13.3. The number of ether oxygens (including phenoxy) is 3. The van der Waals surface area contributed by atoms with Gasteiger partial charge < -0.3 is 24.0 Å². The van der Waals surface area contributed by atoms with Crippen LogP contribution in [0.3, 0.4) is 0 Å². The number of carbonyl (C=O) groups is 1. The third kappa shape index (κ3) is 15.5. The molecule has 73 heavy (non-hydrogen) atoms. The molecule has 3 heterocycles. The van der Waals surface area contributed by atoms with E-state index in [1.165, 1.54) is 61.4 Å². The predicted molar refractivity (Wildman–Crippen MR) is 257 cm³/mol. The number of alkyl halides is 12. The van der Waals surface area contributed by atoms with E-state index >= 15 is 0 Å². The van der Waals surface area contributed by atoms with Gasteiger partial charge in [-0.1, -0.05) is 59.4 Å². The van der Waals surface area contributed by atoms with Crippen LogP contribution >= 0.6 is 0 Å². The average molecular weight is 1050 g/mol. The monoisotopic (exact) mass is 1050 g/mol. The van der Waals surface area contributed by atoms with Gasteiger partial charge in [0.1, 0.15) is 11.5 Å². The number of rotatable bonds is 11. The van der Waals surface area contributed by atoms with Gasteiger partial charge in [-0.05, 0) is 142 Å². The van der Waals surface area contributed by atoms with E-state index in [-0.39, 0.29) is 52.0 Å². The second kappa shape index (κ2) is 25.0. The van der Waals surface area contributed by atoms with Crippen molar-refractivity contribution in [1.29, 1.82) is 0 Å². The minimum Gasteiger partial charge on any atom is -0.493 e. The first-order valence-corrected chi connectivity index (χ1v) is 23.6. The highest BCUT2D eigenvalue weighted by molar-refractivity contribution is 5.89. The molecule has 0 radical (unpaired) electrons. The quantitative estimate of drug-likeness (QED) is 0.140. The molecule has 2 saturated carbocycles. The SMILES string of the molecule is C.C.C.C1CCOC1.FC(F)(F)c1ccc(OC[C@@H]2CCN(CC3(c4ccc(C(F)(F)F)cc4)CCC3)C2)cc1.O=C(N1CC[C@@H](COc2ccc(C(F)(F)F)cc2)C1)C1(c2ccc(C(F)(F)F)cc2)CCC1. The van der Waals surface area contributed by atoms with E-state index in [4.69, 9.17) is 14.2 Å². The van der Waals surface area contributed by atoms with Crippen molar-refractivity contribution in [2.45, 2.75) is 122 Å². The first kappa shape index (κ1) is 60.6. The lowest BCUT2D eigenvalue weighted by Gasteiger charge is -2.45. The van der Waals surface area contributed by atoms with Crippen LogP contribution in [0.25, 0.3) is 0 Å². The molecule has 1 amide bonds. The molecule has 2 aliphatic carbocycles. The molecular formula is C55H68F12N2O4. The number of amides is 1. The first-order chi connectivity index (χ1) is 33.0. The van der Waals surface area contributed by atoms with E-state index in [9.17, 15) is 57.5 Å². The standard InChI is InChI=1S/C24H23F6NO2.C24H25F6NO.C4H8O.3CH4/c25-23(26,27)18-4-2-17(3-5-18)22(11-1-12-22)21(32)31-13-10-16(14-31)15-33-20-8-6-19(7-9-20)24(28,29)30;25-23(26,27)19-4-2-18(3-5-19)22(11-1-12-22)16-31-13-10-17(14-31)15-32-21-8-6-20(7-9-21)24(28,29)30;1-2-4-5-3-1;;;/h2-9,16H,1,10-15H2;2-9,17H,1,10-16H2;1-4H2;3*1H4/t16-;17-;;;;/m11..../s1. The van der Waals surface area contributed by atoms with Crippen LogP contribution in [-0.4, -0.2) is 74.9 Å². The molecular weight excluding hydrogens is 981 g/mol. The highest BCUT2D eigenvalue weighted by Gasteiger charge is 2.49. The van der Waals surface area contributed by atoms with E-state index in [1.807, 2.05) is 0 Å². The Labute approximate surface area is 421 Å². The summed E-state index contributed by atoms with van der Waals surface area (Å²) in [5.41, 5.74) is -2.14. The van der Waals surface area contributed by atoms with E-state index in [2.05, 4.69) is 4.90 Å². The Morgan fingerprint density at radius 2 is 0.890 bits per heavy atom. The van der Waals surface area contributed by atoms with Crippen LogP contribution in [0.1, 0.15) is 120 Å². The molecule has 0 spiro atoms. The number of hydrogen-bond acceptors (Lipinski definition) is 5. The van der Waals surface area contributed by atoms with Crippen molar-refractivity contribution < 1.29 is 71.7 Å². The van der Waals surface area contributed by atoms with Gasteiger partial charge in [0, 0.05) is 56.6 Å². The Morgan fingerprint density at radius 3 is 1.25 bits per heavy atom. The first-order valence-electron chi connectivity index (χ1n) is 23.6. The van der Waals surface area contributed by atoms with E-state index in [0.29, 0.717) is 56.0 Å². The second-order valence-electron chi connectivity index (χ2n) is 19.0. The van der Waals surface area contributed by atoms with Gasteiger partial charge in [0.05, 0.1) is 40.9 Å². The third-order valence-corrected chi connectivity index (χ3v) is 14.1. The molecule has 9 rings (SSSR count). The fourth-order valence-corrected chi connectivity index (χ4v) is 9.78. The van der Waals surface area contributed by atoms with Crippen molar-refractivity contribution in [3.63, 3.8) is 0 Å². The Morgan fingerprint density at radius 1 is 0.507 bits per heavy atom. The summed E-state index contributed by atoms with van der Waals surface area (Å²) >= 11 is 0. The second-order valence-corrected chi connectivity index (χ2v) is 19.0. The smallest absolute Gasteiger partial charge is 0.416 e. The number of halogens is 12. The molecule has 5 aliphatic rings. The van der Waals surface area contributed by atoms with Crippen molar-refractivity contribution in [2.24, 2.45) is 11.8 Å². The summed E-state index contributed by atoms with van der Waals surface area (Å²) in [5.74, 6) is 0.957. The largest absolute Gasteiger partial charge is 0.493 e. The zero-order chi connectivity index (χ0) is 50.4. The minimum absolute atomic E-state index is 0. The molecule has 6 nitrogen and oxygen atoms in total. The van der Waals surface area contributed by atoms with Gasteiger partial charge in [-0.25, -0.2) is 0 Å². The van der Waals surface area contributed by atoms with Crippen molar-refractivity contribution in [1.82, 2.24) is 9.80 Å². The van der Waals surface area contributed by atoms with Crippen molar-refractivity contribution in [3.8, 4) is 11.5 Å². The van der Waals surface area contributed by atoms with Crippen LogP contribution in [0.2, 0.25) is 0 Å². The fourth-order valence-electron chi connectivity index (χ4n) is 9.78. The third-order valence-electron chi connectivity index (χ3n) is 14.1. The number of benzene rings is 4. The van der Waals surface area contributed by atoms with Crippen LogP contribution in [-0.2, 0) is 45.1 Å². The molecule has 0 unspecified atom stereocenters. The summed E-state index contributed by atoms with van der Waals surface area (Å²) in [4.78, 5) is 17.4. The zero-order valence-corrected chi connectivity index (χ0v) is 38.4. The van der Waals surface area contributed by atoms with Gasteiger partial charge in [-0.15, -0.1) is 0 Å². The lowest BCUT2D eigenvalue weighted by atomic mass is 9.63. The summed E-state index contributed by atoms with van der Waals surface area (Å²) in [5, 5.41) is 0. The van der Waals surface area contributed by atoms with E-state index < -0.39 is 52.4 Å².